The van der Waals surface area contributed by atoms with Gasteiger partial charge in [0.15, 0.2) is 0 Å². The van der Waals surface area contributed by atoms with E-state index in [1.165, 1.54) is 0 Å². The van der Waals surface area contributed by atoms with E-state index in [0.29, 0.717) is 39.0 Å². The van der Waals surface area contributed by atoms with Gasteiger partial charge in [0.2, 0.25) is 11.8 Å². The number of hydrazine groups is 1. The Morgan fingerprint density at radius 1 is 1.12 bits per heavy atom. The molecule has 3 aromatic rings. The van der Waals surface area contributed by atoms with Crippen LogP contribution in [0.25, 0.3) is 10.9 Å². The molecule has 2 N–H and O–H groups in total. The maximum Gasteiger partial charge on any atom is 0.246 e. The van der Waals surface area contributed by atoms with Crippen molar-refractivity contribution in [2.75, 3.05) is 13.1 Å². The van der Waals surface area contributed by atoms with Crippen LogP contribution in [-0.2, 0) is 22.7 Å². The van der Waals surface area contributed by atoms with Crippen LogP contribution in [-0.4, -0.2) is 89.4 Å². The highest BCUT2D eigenvalue weighted by Crippen LogP contribution is 2.34. The summed E-state index contributed by atoms with van der Waals surface area (Å²) in [4.78, 5) is 36.2. The predicted octanol–water partition coefficient (Wildman–Crippen LogP) is 2.77. The zero-order chi connectivity index (χ0) is 28.5. The van der Waals surface area contributed by atoms with E-state index < -0.39 is 18.2 Å². The number of pyridine rings is 1. The molecule has 2 amide bonds. The third kappa shape index (κ3) is 5.21. The molecule has 2 saturated heterocycles. The number of aromatic nitrogens is 3. The summed E-state index contributed by atoms with van der Waals surface area (Å²) in [5, 5.41) is 22.5. The van der Waals surface area contributed by atoms with Gasteiger partial charge in [-0.3, -0.25) is 19.7 Å². The van der Waals surface area contributed by atoms with Crippen molar-refractivity contribution >= 4 is 22.7 Å². The first-order valence-corrected chi connectivity index (χ1v) is 14.0. The lowest BCUT2D eigenvalue weighted by Gasteiger charge is -2.57. The minimum absolute atomic E-state index is 0.0723. The monoisotopic (exact) mass is 553 g/mol. The fourth-order valence-corrected chi connectivity index (χ4v) is 6.18. The number of piperazine rings is 1. The fourth-order valence-electron chi connectivity index (χ4n) is 6.18. The lowest BCUT2D eigenvalue weighted by molar-refractivity contribution is -0.216. The SMILES string of the molecule is C=CCN1C(C)C(=O)N2[C@@H](CC3=CCC(O)C=C3)C(=O)N(Cc3cccc4cn[nH]c34)C[C@@H]2N1Cc1ccncc1. The van der Waals surface area contributed by atoms with E-state index in [-0.39, 0.29) is 18.0 Å². The minimum atomic E-state index is -0.679. The standard InChI is InChI=1S/C31H35N7O3/c1-3-15-36-21(2)30(40)38-27(16-22-7-9-26(39)10-8-22)31(41)35(19-25-6-4-5-24-17-33-34-29(24)25)20-28(38)37(36)18-23-11-13-32-14-12-23/h3-9,11-14,17,21,26-28,39H,1,10,15-16,18-20H2,2H3,(H,33,34)/t21?,26?,27-,28+/m0/s1. The molecule has 2 unspecified atom stereocenters. The number of aliphatic hydroxyl groups is 1. The van der Waals surface area contributed by atoms with Crippen LogP contribution >= 0.6 is 0 Å². The second-order valence-electron chi connectivity index (χ2n) is 10.9. The Balaban J connectivity index is 1.40. The van der Waals surface area contributed by atoms with Crippen LogP contribution in [0.5, 0.6) is 0 Å². The van der Waals surface area contributed by atoms with Crippen molar-refractivity contribution in [2.45, 2.75) is 57.2 Å². The van der Waals surface area contributed by atoms with Crippen LogP contribution in [0, 0.1) is 0 Å². The number of rotatable bonds is 8. The van der Waals surface area contributed by atoms with E-state index in [1.54, 1.807) is 29.6 Å². The molecular formula is C31H35N7O3. The quantitative estimate of drug-likeness (QED) is 0.413. The van der Waals surface area contributed by atoms with Gasteiger partial charge in [-0.1, -0.05) is 42.5 Å². The third-order valence-corrected chi connectivity index (χ3v) is 8.29. The highest BCUT2D eigenvalue weighted by atomic mass is 16.3. The molecule has 41 heavy (non-hydrogen) atoms. The first-order chi connectivity index (χ1) is 19.9. The fraction of sp³-hybridized carbons (Fsp3) is 0.355. The minimum Gasteiger partial charge on any atom is -0.389 e. The molecule has 2 aromatic heterocycles. The van der Waals surface area contributed by atoms with Gasteiger partial charge >= 0.3 is 0 Å². The molecule has 0 saturated carbocycles. The topological polar surface area (TPSA) is 109 Å². The van der Waals surface area contributed by atoms with Crippen LogP contribution in [0.4, 0.5) is 0 Å². The first-order valence-electron chi connectivity index (χ1n) is 14.0. The highest BCUT2D eigenvalue weighted by Gasteiger charge is 2.52. The van der Waals surface area contributed by atoms with Crippen LogP contribution < -0.4 is 0 Å². The van der Waals surface area contributed by atoms with Gasteiger partial charge in [0.1, 0.15) is 18.2 Å². The number of H-pyrrole nitrogens is 1. The molecule has 10 nitrogen and oxygen atoms in total. The zero-order valence-corrected chi connectivity index (χ0v) is 23.1. The number of nitrogens with zero attached hydrogens (tertiary/aromatic N) is 6. The zero-order valence-electron chi connectivity index (χ0n) is 23.1. The molecular weight excluding hydrogens is 518 g/mol. The van der Waals surface area contributed by atoms with Crippen molar-refractivity contribution in [1.29, 1.82) is 0 Å². The molecule has 1 aliphatic carbocycles. The van der Waals surface area contributed by atoms with Crippen molar-refractivity contribution in [3.8, 4) is 0 Å². The molecule has 3 aliphatic rings. The van der Waals surface area contributed by atoms with E-state index >= 15 is 0 Å². The predicted molar refractivity (Wildman–Crippen MR) is 155 cm³/mol. The summed E-state index contributed by atoms with van der Waals surface area (Å²) in [5.74, 6) is -0.156. The van der Waals surface area contributed by atoms with Gasteiger partial charge in [-0.2, -0.15) is 5.10 Å². The van der Waals surface area contributed by atoms with Gasteiger partial charge < -0.3 is 14.9 Å². The molecule has 10 heteroatoms. The molecule has 1 aromatic carbocycles. The molecule has 0 bridgehead atoms. The van der Waals surface area contributed by atoms with Gasteiger partial charge in [0.25, 0.3) is 0 Å². The summed E-state index contributed by atoms with van der Waals surface area (Å²) in [6.45, 7) is 7.64. The Morgan fingerprint density at radius 2 is 1.95 bits per heavy atom. The molecule has 212 valence electrons. The van der Waals surface area contributed by atoms with Gasteiger partial charge in [-0.25, -0.2) is 10.0 Å². The number of fused-ring (bicyclic) bond motifs is 2. The summed E-state index contributed by atoms with van der Waals surface area (Å²) in [5.41, 5.74) is 3.88. The summed E-state index contributed by atoms with van der Waals surface area (Å²) in [6.07, 6.45) is 12.7. The lowest BCUT2D eigenvalue weighted by Crippen LogP contribution is -2.76. The molecule has 6 rings (SSSR count). The second-order valence-corrected chi connectivity index (χ2v) is 10.9. The number of allylic oxidation sites excluding steroid dienone is 1. The lowest BCUT2D eigenvalue weighted by atomic mass is 9.93. The molecule has 4 heterocycles. The Hall–Kier alpha value is -4.12. The van der Waals surface area contributed by atoms with Gasteiger partial charge in [-0.15, -0.1) is 6.58 Å². The van der Waals surface area contributed by atoms with Crippen LogP contribution in [0.15, 0.2) is 85.4 Å². The number of hydrogen-bond acceptors (Lipinski definition) is 7. The third-order valence-electron chi connectivity index (χ3n) is 8.29. The Bertz CT molecular complexity index is 1500. The first kappa shape index (κ1) is 27.1. The van der Waals surface area contributed by atoms with Crippen LogP contribution in [0.1, 0.15) is 30.9 Å². The van der Waals surface area contributed by atoms with Crippen molar-refractivity contribution in [3.05, 3.63) is 96.5 Å². The maximum atomic E-state index is 14.3. The highest BCUT2D eigenvalue weighted by molar-refractivity contribution is 5.92. The number of benzene rings is 1. The Morgan fingerprint density at radius 3 is 2.71 bits per heavy atom. The van der Waals surface area contributed by atoms with Gasteiger partial charge in [0, 0.05) is 43.8 Å². The van der Waals surface area contributed by atoms with E-state index in [9.17, 15) is 14.7 Å². The van der Waals surface area contributed by atoms with Crippen LogP contribution in [0.2, 0.25) is 0 Å². The van der Waals surface area contributed by atoms with Crippen molar-refractivity contribution in [3.63, 3.8) is 0 Å². The summed E-state index contributed by atoms with van der Waals surface area (Å²) in [7, 11) is 0. The number of carbonyl (C=O) groups is 2. The number of para-hydroxylation sites is 1. The Labute approximate surface area is 239 Å². The number of nitrogens with one attached hydrogen (secondary N) is 1. The molecule has 0 radical (unpaired) electrons. The van der Waals surface area contributed by atoms with Crippen molar-refractivity contribution < 1.29 is 14.7 Å². The number of carbonyl (C=O) groups excluding carboxylic acids is 2. The number of hydrogen-bond donors (Lipinski definition) is 2. The molecule has 2 fully saturated rings. The van der Waals surface area contributed by atoms with Crippen LogP contribution in [0.3, 0.4) is 0 Å². The van der Waals surface area contributed by atoms with E-state index in [2.05, 4.69) is 31.8 Å². The average molecular weight is 554 g/mol. The van der Waals surface area contributed by atoms with E-state index in [4.69, 9.17) is 0 Å². The smallest absolute Gasteiger partial charge is 0.246 e. The largest absolute Gasteiger partial charge is 0.389 e. The van der Waals surface area contributed by atoms with Crippen molar-refractivity contribution in [1.82, 2.24) is 35.0 Å². The number of aliphatic hydroxyl groups excluding tert-OH is 1. The maximum absolute atomic E-state index is 14.3. The Kier molecular flexibility index (Phi) is 7.53. The molecule has 0 spiro atoms. The summed E-state index contributed by atoms with van der Waals surface area (Å²) in [6, 6.07) is 8.78. The molecule has 4 atom stereocenters. The van der Waals surface area contributed by atoms with Gasteiger partial charge in [0.05, 0.1) is 24.4 Å². The van der Waals surface area contributed by atoms with Gasteiger partial charge in [-0.05, 0) is 42.2 Å². The number of aromatic amines is 1. The number of amides is 2. The average Bonchev–Trinajstić information content (AvgIpc) is 3.47. The molecule has 2 aliphatic heterocycles. The second kappa shape index (κ2) is 11.4. The summed E-state index contributed by atoms with van der Waals surface area (Å²) < 4.78 is 0. The van der Waals surface area contributed by atoms with E-state index in [1.807, 2.05) is 60.4 Å². The summed E-state index contributed by atoms with van der Waals surface area (Å²) >= 11 is 0. The van der Waals surface area contributed by atoms with E-state index in [0.717, 1.165) is 27.6 Å². The normalized spacial score (nSPS) is 25.5. The van der Waals surface area contributed by atoms with Crippen molar-refractivity contribution in [2.24, 2.45) is 0 Å².